The first kappa shape index (κ1) is 24.1. The van der Waals surface area contributed by atoms with Crippen molar-refractivity contribution in [2.45, 2.75) is 71.4 Å². The summed E-state index contributed by atoms with van der Waals surface area (Å²) < 4.78 is 0. The Labute approximate surface area is 169 Å². The Hall–Kier alpha value is -1.92. The van der Waals surface area contributed by atoms with Crippen LogP contribution in [0.5, 0.6) is 0 Å². The fraction of sp³-hybridized carbons (Fsp3) is 0.636. The maximum absolute atomic E-state index is 12.1. The van der Waals surface area contributed by atoms with Crippen molar-refractivity contribution in [3.8, 4) is 0 Å². The predicted octanol–water partition coefficient (Wildman–Crippen LogP) is 2.71. The van der Waals surface area contributed by atoms with E-state index in [4.69, 9.17) is 11.5 Å². The summed E-state index contributed by atoms with van der Waals surface area (Å²) in [6, 6.07) is 6.80. The highest BCUT2D eigenvalue weighted by atomic mass is 16.2. The van der Waals surface area contributed by atoms with Gasteiger partial charge >= 0.3 is 0 Å². The van der Waals surface area contributed by atoms with Gasteiger partial charge in [-0.1, -0.05) is 45.2 Å². The number of nitrogens with one attached hydrogen (secondary N) is 2. The van der Waals surface area contributed by atoms with Crippen LogP contribution in [0.3, 0.4) is 0 Å². The SMILES string of the molecule is CCC(C)CCCCNC(=O)[C@H](N)CCCCNC(=O)c1ccc(CN)cc1. The Kier molecular flexibility index (Phi) is 12.2. The normalized spacial score (nSPS) is 13.0. The highest BCUT2D eigenvalue weighted by Gasteiger charge is 2.12. The Morgan fingerprint density at radius 2 is 1.57 bits per heavy atom. The molecule has 0 aliphatic rings. The van der Waals surface area contributed by atoms with Gasteiger partial charge < -0.3 is 22.1 Å². The molecule has 0 saturated heterocycles. The van der Waals surface area contributed by atoms with Gasteiger partial charge in [-0.25, -0.2) is 0 Å². The van der Waals surface area contributed by atoms with E-state index in [-0.39, 0.29) is 11.8 Å². The number of carbonyl (C=O) groups excluding carboxylic acids is 2. The maximum Gasteiger partial charge on any atom is 0.251 e. The van der Waals surface area contributed by atoms with Crippen LogP contribution in [0.25, 0.3) is 0 Å². The highest BCUT2D eigenvalue weighted by molar-refractivity contribution is 5.94. The predicted molar refractivity (Wildman–Crippen MR) is 115 cm³/mol. The van der Waals surface area contributed by atoms with Gasteiger partial charge in [-0.05, 0) is 49.3 Å². The second-order valence-corrected chi connectivity index (χ2v) is 7.56. The topological polar surface area (TPSA) is 110 Å². The molecule has 28 heavy (non-hydrogen) atoms. The molecule has 0 aliphatic carbocycles. The zero-order chi connectivity index (χ0) is 20.8. The largest absolute Gasteiger partial charge is 0.355 e. The molecule has 1 rings (SSSR count). The molecule has 0 fully saturated rings. The lowest BCUT2D eigenvalue weighted by Gasteiger charge is -2.13. The van der Waals surface area contributed by atoms with Crippen molar-refractivity contribution in [1.29, 1.82) is 0 Å². The summed E-state index contributed by atoms with van der Waals surface area (Å²) in [5.74, 6) is 0.583. The van der Waals surface area contributed by atoms with Crippen molar-refractivity contribution >= 4 is 11.8 Å². The molecule has 0 spiro atoms. The fourth-order valence-corrected chi connectivity index (χ4v) is 2.88. The van der Waals surface area contributed by atoms with Gasteiger partial charge in [-0.15, -0.1) is 0 Å². The van der Waals surface area contributed by atoms with Crippen LogP contribution in [0.1, 0.15) is 74.7 Å². The molecule has 158 valence electrons. The summed E-state index contributed by atoms with van der Waals surface area (Å²) in [6.07, 6.45) is 6.77. The number of hydrogen-bond donors (Lipinski definition) is 4. The smallest absolute Gasteiger partial charge is 0.251 e. The third-order valence-electron chi connectivity index (χ3n) is 5.14. The van der Waals surface area contributed by atoms with Gasteiger partial charge in [-0.2, -0.15) is 0 Å². The van der Waals surface area contributed by atoms with E-state index in [1.165, 1.54) is 12.8 Å². The standard InChI is InChI=1S/C22H38N4O2/c1-3-17(2)8-4-6-15-26-22(28)20(24)9-5-7-14-25-21(27)19-12-10-18(16-23)11-13-19/h10-13,17,20H,3-9,14-16,23-24H2,1-2H3,(H,25,27)(H,26,28)/t17?,20-/m1/s1. The molecule has 0 aromatic heterocycles. The van der Waals surface area contributed by atoms with Gasteiger partial charge in [-0.3, -0.25) is 9.59 Å². The van der Waals surface area contributed by atoms with E-state index >= 15 is 0 Å². The second kappa shape index (κ2) is 14.1. The Balaban J connectivity index is 2.09. The zero-order valence-corrected chi connectivity index (χ0v) is 17.5. The van der Waals surface area contributed by atoms with Gasteiger partial charge in [0.05, 0.1) is 6.04 Å². The molecule has 1 unspecified atom stereocenters. The first-order valence-corrected chi connectivity index (χ1v) is 10.6. The van der Waals surface area contributed by atoms with E-state index < -0.39 is 6.04 Å². The number of benzene rings is 1. The van der Waals surface area contributed by atoms with Crippen molar-refractivity contribution in [2.75, 3.05) is 13.1 Å². The number of nitrogens with two attached hydrogens (primary N) is 2. The molecule has 6 heteroatoms. The van der Waals surface area contributed by atoms with E-state index in [0.717, 1.165) is 37.2 Å². The van der Waals surface area contributed by atoms with E-state index in [9.17, 15) is 9.59 Å². The van der Waals surface area contributed by atoms with Crippen molar-refractivity contribution in [1.82, 2.24) is 10.6 Å². The summed E-state index contributed by atoms with van der Waals surface area (Å²) in [5, 5.41) is 5.81. The number of hydrogen-bond acceptors (Lipinski definition) is 4. The quantitative estimate of drug-likeness (QED) is 0.366. The molecular weight excluding hydrogens is 352 g/mol. The van der Waals surface area contributed by atoms with Gasteiger partial charge in [0.15, 0.2) is 0 Å². The molecule has 6 N–H and O–H groups in total. The van der Waals surface area contributed by atoms with Crippen LogP contribution >= 0.6 is 0 Å². The monoisotopic (exact) mass is 390 g/mol. The van der Waals surface area contributed by atoms with Crippen molar-refractivity contribution in [3.05, 3.63) is 35.4 Å². The molecule has 1 aromatic rings. The molecule has 2 amide bonds. The van der Waals surface area contributed by atoms with E-state index in [0.29, 0.717) is 31.6 Å². The Bertz CT molecular complexity index is 574. The van der Waals surface area contributed by atoms with Crippen LogP contribution < -0.4 is 22.1 Å². The molecular formula is C22H38N4O2. The van der Waals surface area contributed by atoms with Crippen LogP contribution in [0.4, 0.5) is 0 Å². The second-order valence-electron chi connectivity index (χ2n) is 7.56. The van der Waals surface area contributed by atoms with Crippen molar-refractivity contribution in [3.63, 3.8) is 0 Å². The Morgan fingerprint density at radius 3 is 2.18 bits per heavy atom. The van der Waals surface area contributed by atoms with Gasteiger partial charge in [0.2, 0.25) is 5.91 Å². The molecule has 6 nitrogen and oxygen atoms in total. The molecule has 0 bridgehead atoms. The number of unbranched alkanes of at least 4 members (excludes halogenated alkanes) is 2. The minimum atomic E-state index is -0.478. The third kappa shape index (κ3) is 9.85. The average molecular weight is 391 g/mol. The van der Waals surface area contributed by atoms with E-state index in [2.05, 4.69) is 24.5 Å². The average Bonchev–Trinajstić information content (AvgIpc) is 2.72. The summed E-state index contributed by atoms with van der Waals surface area (Å²) in [5.41, 5.74) is 13.1. The highest BCUT2D eigenvalue weighted by Crippen LogP contribution is 2.10. The van der Waals surface area contributed by atoms with Crippen LogP contribution in [0.2, 0.25) is 0 Å². The lowest BCUT2D eigenvalue weighted by molar-refractivity contribution is -0.122. The summed E-state index contributed by atoms with van der Waals surface area (Å²) >= 11 is 0. The van der Waals surface area contributed by atoms with Crippen LogP contribution in [0.15, 0.2) is 24.3 Å². The van der Waals surface area contributed by atoms with Crippen LogP contribution in [-0.2, 0) is 11.3 Å². The Morgan fingerprint density at radius 1 is 0.964 bits per heavy atom. The molecule has 0 aliphatic heterocycles. The number of carbonyl (C=O) groups is 2. The maximum atomic E-state index is 12.1. The third-order valence-corrected chi connectivity index (χ3v) is 5.14. The first-order chi connectivity index (χ1) is 13.5. The number of amides is 2. The lowest BCUT2D eigenvalue weighted by Crippen LogP contribution is -2.41. The minimum absolute atomic E-state index is 0.0763. The molecule has 2 atom stereocenters. The van der Waals surface area contributed by atoms with E-state index in [1.54, 1.807) is 12.1 Å². The summed E-state index contributed by atoms with van der Waals surface area (Å²) in [6.45, 7) is 6.20. The minimum Gasteiger partial charge on any atom is -0.355 e. The van der Waals surface area contributed by atoms with E-state index in [1.807, 2.05) is 12.1 Å². The van der Waals surface area contributed by atoms with Crippen LogP contribution in [0, 0.1) is 5.92 Å². The molecule has 0 radical (unpaired) electrons. The fourth-order valence-electron chi connectivity index (χ4n) is 2.88. The molecule has 1 aromatic carbocycles. The summed E-state index contributed by atoms with van der Waals surface area (Å²) in [4.78, 5) is 24.0. The van der Waals surface area contributed by atoms with Gasteiger partial charge in [0.1, 0.15) is 0 Å². The van der Waals surface area contributed by atoms with Gasteiger partial charge in [0.25, 0.3) is 5.91 Å². The van der Waals surface area contributed by atoms with Crippen molar-refractivity contribution in [2.24, 2.45) is 17.4 Å². The number of rotatable bonds is 14. The lowest BCUT2D eigenvalue weighted by atomic mass is 10.0. The molecule has 0 saturated carbocycles. The van der Waals surface area contributed by atoms with Gasteiger partial charge in [0, 0.05) is 25.2 Å². The van der Waals surface area contributed by atoms with Crippen molar-refractivity contribution < 1.29 is 9.59 Å². The molecule has 0 heterocycles. The van der Waals surface area contributed by atoms with Crippen LogP contribution in [-0.4, -0.2) is 30.9 Å². The zero-order valence-electron chi connectivity index (χ0n) is 17.5. The summed E-state index contributed by atoms with van der Waals surface area (Å²) in [7, 11) is 0. The first-order valence-electron chi connectivity index (χ1n) is 10.6.